The van der Waals surface area contributed by atoms with Gasteiger partial charge in [-0.3, -0.25) is 4.79 Å². The van der Waals surface area contributed by atoms with E-state index in [1.807, 2.05) is 4.68 Å². The molecule has 1 fully saturated rings. The molecular formula is C14H23N3O. The topological polar surface area (TPSA) is 47.8 Å². The normalized spacial score (nSPS) is 16.9. The molecule has 0 radical (unpaired) electrons. The Balaban J connectivity index is 1.97. The third-order valence-electron chi connectivity index (χ3n) is 3.93. The monoisotopic (exact) mass is 249 g/mol. The molecule has 4 nitrogen and oxygen atoms in total. The molecule has 0 aromatic carbocycles. The number of nitrogens with zero attached hydrogens (tertiary/aromatic N) is 3. The van der Waals surface area contributed by atoms with Gasteiger partial charge < -0.3 is 0 Å². The molecule has 2 rings (SSSR count). The van der Waals surface area contributed by atoms with Gasteiger partial charge in [-0.2, -0.15) is 0 Å². The van der Waals surface area contributed by atoms with Crippen LogP contribution in [0.25, 0.3) is 0 Å². The van der Waals surface area contributed by atoms with Crippen LogP contribution >= 0.6 is 0 Å². The molecule has 0 bridgehead atoms. The number of carbonyl (C=O) groups excluding carboxylic acids is 1. The van der Waals surface area contributed by atoms with Crippen molar-refractivity contribution in [2.75, 3.05) is 0 Å². The number of rotatable bonds is 6. The summed E-state index contributed by atoms with van der Waals surface area (Å²) < 4.78 is 1.91. The molecule has 0 atom stereocenters. The first kappa shape index (κ1) is 13.2. The molecule has 1 aromatic heterocycles. The smallest absolute Gasteiger partial charge is 0.172 e. The van der Waals surface area contributed by atoms with Gasteiger partial charge in [-0.1, -0.05) is 44.2 Å². The summed E-state index contributed by atoms with van der Waals surface area (Å²) in [6.45, 7) is 2.98. The molecule has 1 aliphatic carbocycles. The van der Waals surface area contributed by atoms with Gasteiger partial charge in [0.05, 0.1) is 5.69 Å². The molecule has 0 saturated heterocycles. The predicted molar refractivity (Wildman–Crippen MR) is 70.6 cm³/mol. The molecule has 0 unspecified atom stereocenters. The second-order valence-electron chi connectivity index (χ2n) is 5.31. The molecule has 4 heteroatoms. The van der Waals surface area contributed by atoms with Gasteiger partial charge in [-0.15, -0.1) is 5.10 Å². The average molecular weight is 249 g/mol. The molecule has 0 N–H and O–H groups in total. The van der Waals surface area contributed by atoms with Crippen molar-refractivity contribution in [3.05, 3.63) is 11.4 Å². The van der Waals surface area contributed by atoms with Crippen molar-refractivity contribution in [2.45, 2.75) is 64.8 Å². The second-order valence-corrected chi connectivity index (χ2v) is 5.31. The summed E-state index contributed by atoms with van der Waals surface area (Å²) in [7, 11) is 0. The van der Waals surface area contributed by atoms with Crippen LogP contribution in [0.1, 0.15) is 68.1 Å². The number of aldehydes is 1. The summed E-state index contributed by atoms with van der Waals surface area (Å²) in [5.41, 5.74) is 1.58. The van der Waals surface area contributed by atoms with Gasteiger partial charge in [0.2, 0.25) is 0 Å². The van der Waals surface area contributed by atoms with E-state index in [9.17, 15) is 4.79 Å². The average Bonchev–Trinajstić information content (AvgIpc) is 2.80. The second kappa shape index (κ2) is 6.66. The Morgan fingerprint density at radius 1 is 1.33 bits per heavy atom. The molecule has 0 amide bonds. The van der Waals surface area contributed by atoms with Gasteiger partial charge in [-0.25, -0.2) is 4.68 Å². The maximum Gasteiger partial charge on any atom is 0.172 e. The standard InChI is InChI=1S/C14H23N3O/c1-2-10-17-14(13(11-18)15-16-17)9-8-12-6-4-3-5-7-12/h11-12H,2-10H2,1H3. The fourth-order valence-electron chi connectivity index (χ4n) is 2.90. The highest BCUT2D eigenvalue weighted by Gasteiger charge is 2.17. The predicted octanol–water partition coefficient (Wildman–Crippen LogP) is 3.01. The van der Waals surface area contributed by atoms with Crippen LogP contribution in [0.15, 0.2) is 0 Å². The summed E-state index contributed by atoms with van der Waals surface area (Å²) >= 11 is 0. The molecule has 18 heavy (non-hydrogen) atoms. The van der Waals surface area contributed by atoms with E-state index >= 15 is 0 Å². The van der Waals surface area contributed by atoms with Gasteiger partial charge in [0.15, 0.2) is 6.29 Å². The number of aromatic nitrogens is 3. The van der Waals surface area contributed by atoms with E-state index in [-0.39, 0.29) is 0 Å². The number of hydrogen-bond acceptors (Lipinski definition) is 3. The molecule has 1 aromatic rings. The Hall–Kier alpha value is -1.19. The summed E-state index contributed by atoms with van der Waals surface area (Å²) in [6.07, 6.45) is 10.8. The molecule has 1 aliphatic rings. The van der Waals surface area contributed by atoms with Gasteiger partial charge in [0.25, 0.3) is 0 Å². The highest BCUT2D eigenvalue weighted by atomic mass is 16.1. The van der Waals surface area contributed by atoms with Crippen LogP contribution in [0.4, 0.5) is 0 Å². The van der Waals surface area contributed by atoms with Crippen LogP contribution in [0.5, 0.6) is 0 Å². The van der Waals surface area contributed by atoms with Crippen LogP contribution in [0, 0.1) is 5.92 Å². The zero-order valence-electron chi connectivity index (χ0n) is 11.3. The van der Waals surface area contributed by atoms with Crippen molar-refractivity contribution < 1.29 is 4.79 Å². The molecule has 0 aliphatic heterocycles. The Kier molecular flexibility index (Phi) is 4.90. The van der Waals surface area contributed by atoms with Crippen molar-refractivity contribution in [3.63, 3.8) is 0 Å². The summed E-state index contributed by atoms with van der Waals surface area (Å²) in [5, 5.41) is 8.04. The van der Waals surface area contributed by atoms with Crippen molar-refractivity contribution in [2.24, 2.45) is 5.92 Å². The lowest BCUT2D eigenvalue weighted by Gasteiger charge is -2.21. The lowest BCUT2D eigenvalue weighted by atomic mass is 9.85. The van der Waals surface area contributed by atoms with Gasteiger partial charge in [0.1, 0.15) is 5.69 Å². The van der Waals surface area contributed by atoms with E-state index in [4.69, 9.17) is 0 Å². The Morgan fingerprint density at radius 2 is 2.11 bits per heavy atom. The minimum absolute atomic E-state index is 0.541. The molecular weight excluding hydrogens is 226 g/mol. The fourth-order valence-corrected chi connectivity index (χ4v) is 2.90. The SMILES string of the molecule is CCCn1nnc(C=O)c1CCC1CCCCC1. The van der Waals surface area contributed by atoms with Crippen molar-refractivity contribution in [1.82, 2.24) is 15.0 Å². The number of hydrogen-bond donors (Lipinski definition) is 0. The van der Waals surface area contributed by atoms with Crippen LogP contribution in [-0.4, -0.2) is 21.3 Å². The van der Waals surface area contributed by atoms with Crippen molar-refractivity contribution in [1.29, 1.82) is 0 Å². The first-order valence-corrected chi connectivity index (χ1v) is 7.22. The fraction of sp³-hybridized carbons (Fsp3) is 0.786. The quantitative estimate of drug-likeness (QED) is 0.728. The van der Waals surface area contributed by atoms with E-state index in [2.05, 4.69) is 17.2 Å². The zero-order valence-corrected chi connectivity index (χ0v) is 11.3. The van der Waals surface area contributed by atoms with E-state index in [1.54, 1.807) is 0 Å². The van der Waals surface area contributed by atoms with E-state index < -0.39 is 0 Å². The third kappa shape index (κ3) is 3.18. The van der Waals surface area contributed by atoms with Gasteiger partial charge >= 0.3 is 0 Å². The lowest BCUT2D eigenvalue weighted by Crippen LogP contribution is -2.11. The molecule has 100 valence electrons. The number of carbonyl (C=O) groups is 1. The highest BCUT2D eigenvalue weighted by Crippen LogP contribution is 2.27. The summed E-state index contributed by atoms with van der Waals surface area (Å²) in [5.74, 6) is 0.836. The minimum atomic E-state index is 0.541. The highest BCUT2D eigenvalue weighted by molar-refractivity contribution is 5.73. The van der Waals surface area contributed by atoms with Crippen molar-refractivity contribution in [3.8, 4) is 0 Å². The maximum atomic E-state index is 11.0. The maximum absolute atomic E-state index is 11.0. The Morgan fingerprint density at radius 3 is 2.78 bits per heavy atom. The zero-order chi connectivity index (χ0) is 12.8. The van der Waals surface area contributed by atoms with Crippen LogP contribution < -0.4 is 0 Å². The largest absolute Gasteiger partial charge is 0.296 e. The molecule has 1 heterocycles. The summed E-state index contributed by atoms with van der Waals surface area (Å²) in [4.78, 5) is 11.0. The summed E-state index contributed by atoms with van der Waals surface area (Å²) in [6, 6.07) is 0. The molecule has 1 saturated carbocycles. The molecule has 0 spiro atoms. The van der Waals surface area contributed by atoms with Crippen molar-refractivity contribution >= 4 is 6.29 Å². The van der Waals surface area contributed by atoms with E-state index in [1.165, 1.54) is 38.5 Å². The van der Waals surface area contributed by atoms with E-state index in [0.717, 1.165) is 37.3 Å². The van der Waals surface area contributed by atoms with Crippen LogP contribution in [-0.2, 0) is 13.0 Å². The Labute approximate surface area is 109 Å². The number of aryl methyl sites for hydroxylation is 1. The van der Waals surface area contributed by atoms with Crippen LogP contribution in [0.3, 0.4) is 0 Å². The van der Waals surface area contributed by atoms with Crippen LogP contribution in [0.2, 0.25) is 0 Å². The van der Waals surface area contributed by atoms with Gasteiger partial charge in [-0.05, 0) is 25.2 Å². The third-order valence-corrected chi connectivity index (χ3v) is 3.93. The van der Waals surface area contributed by atoms with Gasteiger partial charge in [0, 0.05) is 6.54 Å². The lowest BCUT2D eigenvalue weighted by molar-refractivity contribution is 0.111. The van der Waals surface area contributed by atoms with E-state index in [0.29, 0.717) is 5.69 Å². The first-order valence-electron chi connectivity index (χ1n) is 7.22. The Bertz CT molecular complexity index is 380. The minimum Gasteiger partial charge on any atom is -0.296 e. The first-order chi connectivity index (χ1) is 8.85.